The van der Waals surface area contributed by atoms with Crippen molar-refractivity contribution in [1.29, 1.82) is 0 Å². The van der Waals surface area contributed by atoms with E-state index in [0.29, 0.717) is 11.7 Å². The van der Waals surface area contributed by atoms with Gasteiger partial charge in [0.15, 0.2) is 11.3 Å². The number of aliphatic hydroxyl groups is 1. The van der Waals surface area contributed by atoms with Crippen LogP contribution in [-0.2, 0) is 16.1 Å². The fraction of sp³-hybridized carbons (Fsp3) is 0.581. The minimum atomic E-state index is -1.59. The Morgan fingerprint density at radius 1 is 1.23 bits per heavy atom. The summed E-state index contributed by atoms with van der Waals surface area (Å²) in [6.07, 6.45) is 5.04. The van der Waals surface area contributed by atoms with E-state index in [1.54, 1.807) is 16.0 Å². The van der Waals surface area contributed by atoms with Crippen LogP contribution >= 0.6 is 11.3 Å². The van der Waals surface area contributed by atoms with E-state index in [1.165, 1.54) is 0 Å². The van der Waals surface area contributed by atoms with Gasteiger partial charge in [0.25, 0.3) is 0 Å². The molecular formula is C31H41N7O4S. The summed E-state index contributed by atoms with van der Waals surface area (Å²) in [6, 6.07) is 5.32. The van der Waals surface area contributed by atoms with Gasteiger partial charge in [0.1, 0.15) is 17.9 Å². The zero-order valence-electron chi connectivity index (χ0n) is 25.0. The maximum atomic E-state index is 14.3. The molecule has 2 saturated heterocycles. The van der Waals surface area contributed by atoms with E-state index in [0.717, 1.165) is 66.2 Å². The molecule has 11 nitrogen and oxygen atoms in total. The van der Waals surface area contributed by atoms with Crippen molar-refractivity contribution in [2.45, 2.75) is 89.1 Å². The molecule has 2 aromatic heterocycles. The van der Waals surface area contributed by atoms with Gasteiger partial charge in [-0.25, -0.2) is 9.67 Å². The van der Waals surface area contributed by atoms with Gasteiger partial charge >= 0.3 is 0 Å². The van der Waals surface area contributed by atoms with Crippen LogP contribution in [0.5, 0.6) is 5.75 Å². The molecule has 3 atom stereocenters. The molecule has 2 aliphatic heterocycles. The quantitative estimate of drug-likeness (QED) is 0.242. The van der Waals surface area contributed by atoms with Crippen LogP contribution in [0.25, 0.3) is 10.4 Å². The van der Waals surface area contributed by atoms with Gasteiger partial charge in [-0.05, 0) is 63.2 Å². The summed E-state index contributed by atoms with van der Waals surface area (Å²) in [7, 11) is 0. The highest BCUT2D eigenvalue weighted by molar-refractivity contribution is 7.13. The van der Waals surface area contributed by atoms with Gasteiger partial charge in [0.2, 0.25) is 5.91 Å². The number of hydrogen-bond donors (Lipinski definition) is 4. The van der Waals surface area contributed by atoms with E-state index in [4.69, 9.17) is 4.74 Å². The summed E-state index contributed by atoms with van der Waals surface area (Å²) in [6.45, 7) is 7.99. The molecule has 230 valence electrons. The van der Waals surface area contributed by atoms with Gasteiger partial charge in [-0.1, -0.05) is 31.2 Å². The van der Waals surface area contributed by atoms with Gasteiger partial charge in [0.05, 0.1) is 27.9 Å². The third-order valence-electron chi connectivity index (χ3n) is 8.79. The Bertz CT molecular complexity index is 1460. The highest BCUT2D eigenvalue weighted by atomic mass is 32.1. The minimum Gasteiger partial charge on any atom is -0.490 e. The van der Waals surface area contributed by atoms with Gasteiger partial charge in [-0.2, -0.15) is 0 Å². The number of carbonyl (C=O) groups excluding carboxylic acids is 2. The topological polar surface area (TPSA) is 143 Å². The predicted molar refractivity (Wildman–Crippen MR) is 163 cm³/mol. The molecule has 0 radical (unpaired) electrons. The Hall–Kier alpha value is -3.19. The lowest BCUT2D eigenvalue weighted by molar-refractivity contribution is -0.140. The zero-order valence-corrected chi connectivity index (χ0v) is 25.8. The number of nitrogens with zero attached hydrogens (tertiary/aromatic N) is 4. The van der Waals surface area contributed by atoms with Gasteiger partial charge < -0.3 is 20.5 Å². The standard InChI is InChI=1S/C31H41N7O4S/c1-18(2)27(38-16-25(36-37-38)20-4-5-20)29(40)31(13-23(39)15-35-31)30(41)33-14-22-7-6-21(28-19(3)34-17-43-28)12-26(22)42-24-8-10-32-11-9-24/h6-7,12,16-18,20,23-24,27,32,35,39H,4-5,8-11,13-15H2,1-3H3,(H,33,41). The van der Waals surface area contributed by atoms with E-state index in [1.807, 2.05) is 50.7 Å². The second kappa shape index (κ2) is 12.4. The minimum absolute atomic E-state index is 0.00686. The number of aromatic nitrogens is 4. The summed E-state index contributed by atoms with van der Waals surface area (Å²) >= 11 is 1.58. The van der Waals surface area contributed by atoms with Crippen molar-refractivity contribution in [3.63, 3.8) is 0 Å². The first-order chi connectivity index (χ1) is 20.7. The van der Waals surface area contributed by atoms with Crippen molar-refractivity contribution in [2.75, 3.05) is 19.6 Å². The molecule has 4 heterocycles. The van der Waals surface area contributed by atoms with Gasteiger partial charge in [-0.3, -0.25) is 14.9 Å². The average molecular weight is 608 g/mol. The van der Waals surface area contributed by atoms with Crippen molar-refractivity contribution < 1.29 is 19.4 Å². The molecule has 3 aliphatic rings. The summed E-state index contributed by atoms with van der Waals surface area (Å²) in [5.41, 5.74) is 3.93. The smallest absolute Gasteiger partial charge is 0.248 e. The highest BCUT2D eigenvalue weighted by Crippen LogP contribution is 2.39. The number of aliphatic hydroxyl groups excluding tert-OH is 1. The lowest BCUT2D eigenvalue weighted by Gasteiger charge is -2.32. The molecule has 0 bridgehead atoms. The van der Waals surface area contributed by atoms with Crippen LogP contribution < -0.4 is 20.7 Å². The van der Waals surface area contributed by atoms with E-state index in [9.17, 15) is 14.7 Å². The van der Waals surface area contributed by atoms with Crippen LogP contribution in [0.2, 0.25) is 0 Å². The number of rotatable bonds is 11. The molecule has 0 spiro atoms. The number of carbonyl (C=O) groups is 2. The van der Waals surface area contributed by atoms with Gasteiger partial charge in [-0.15, -0.1) is 16.4 Å². The number of amides is 1. The molecule has 43 heavy (non-hydrogen) atoms. The third kappa shape index (κ3) is 6.24. The lowest BCUT2D eigenvalue weighted by atomic mass is 9.82. The number of aryl methyl sites for hydroxylation is 1. The number of benzene rings is 1. The van der Waals surface area contributed by atoms with Crippen LogP contribution in [-0.4, -0.2) is 74.2 Å². The van der Waals surface area contributed by atoms with Crippen LogP contribution in [0.15, 0.2) is 29.9 Å². The first kappa shape index (κ1) is 29.9. The Morgan fingerprint density at radius 3 is 2.67 bits per heavy atom. The molecule has 12 heteroatoms. The zero-order chi connectivity index (χ0) is 30.1. The number of piperidine rings is 1. The first-order valence-electron chi connectivity index (χ1n) is 15.3. The Labute approximate surface area is 255 Å². The van der Waals surface area contributed by atoms with Crippen LogP contribution in [0.3, 0.4) is 0 Å². The normalized spacial score (nSPS) is 23.4. The summed E-state index contributed by atoms with van der Waals surface area (Å²) in [5, 5.41) is 28.6. The summed E-state index contributed by atoms with van der Waals surface area (Å²) in [4.78, 5) is 33.8. The third-order valence-corrected chi connectivity index (χ3v) is 9.77. The molecule has 3 aromatic rings. The van der Waals surface area contributed by atoms with Crippen molar-refractivity contribution >= 4 is 23.0 Å². The number of Topliss-reactive ketones (excluding diaryl/α,β-unsaturated/α-hetero) is 1. The van der Waals surface area contributed by atoms with Crippen LogP contribution in [0.1, 0.15) is 74.9 Å². The summed E-state index contributed by atoms with van der Waals surface area (Å²) < 4.78 is 8.12. The lowest BCUT2D eigenvalue weighted by Crippen LogP contribution is -2.61. The monoisotopic (exact) mass is 607 g/mol. The van der Waals surface area contributed by atoms with E-state index >= 15 is 0 Å². The molecule has 4 N–H and O–H groups in total. The predicted octanol–water partition coefficient (Wildman–Crippen LogP) is 2.89. The van der Waals surface area contributed by atoms with E-state index in [-0.39, 0.29) is 37.3 Å². The number of β-amino-alcohol motifs (C(OH)–C–C–N with tert-alkyl or cyclic N) is 1. The Balaban J connectivity index is 1.25. The molecule has 3 unspecified atom stereocenters. The fourth-order valence-corrected chi connectivity index (χ4v) is 6.99. The number of ether oxygens (including phenoxy) is 1. The van der Waals surface area contributed by atoms with Crippen molar-refractivity contribution in [2.24, 2.45) is 5.92 Å². The Kier molecular flexibility index (Phi) is 8.63. The van der Waals surface area contributed by atoms with Crippen molar-refractivity contribution in [3.05, 3.63) is 46.9 Å². The first-order valence-corrected chi connectivity index (χ1v) is 16.2. The molecule has 1 saturated carbocycles. The number of ketones is 1. The van der Waals surface area contributed by atoms with E-state index < -0.39 is 23.6 Å². The number of nitrogens with one attached hydrogen (secondary N) is 3. The maximum Gasteiger partial charge on any atom is 0.248 e. The maximum absolute atomic E-state index is 14.3. The molecule has 3 fully saturated rings. The molecule has 6 rings (SSSR count). The fourth-order valence-electron chi connectivity index (χ4n) is 6.19. The van der Waals surface area contributed by atoms with Crippen molar-refractivity contribution in [1.82, 2.24) is 35.9 Å². The average Bonchev–Trinajstić information content (AvgIpc) is 3.35. The van der Waals surface area contributed by atoms with Gasteiger partial charge in [0, 0.05) is 37.2 Å². The highest BCUT2D eigenvalue weighted by Gasteiger charge is 2.54. The molecule has 1 aliphatic carbocycles. The largest absolute Gasteiger partial charge is 0.490 e. The van der Waals surface area contributed by atoms with Crippen molar-refractivity contribution in [3.8, 4) is 16.2 Å². The van der Waals surface area contributed by atoms with E-state index in [2.05, 4.69) is 31.2 Å². The number of thiazole rings is 1. The SMILES string of the molecule is Cc1ncsc1-c1ccc(CNC(=O)C2(C(=O)C(C(C)C)n3cc(C4CC4)nn3)CC(O)CN2)c(OC2CCNCC2)c1. The van der Waals surface area contributed by atoms with Crippen LogP contribution in [0.4, 0.5) is 0 Å². The Morgan fingerprint density at radius 2 is 2.02 bits per heavy atom. The molecular weight excluding hydrogens is 566 g/mol. The van der Waals surface area contributed by atoms with Crippen LogP contribution in [0, 0.1) is 12.8 Å². The second-order valence-corrected chi connectivity index (χ2v) is 13.3. The molecule has 1 aromatic carbocycles. The second-order valence-electron chi connectivity index (χ2n) is 12.4. The number of hydrogen-bond acceptors (Lipinski definition) is 10. The molecule has 1 amide bonds. The summed E-state index contributed by atoms with van der Waals surface area (Å²) in [5.74, 6) is 0.196.